The van der Waals surface area contributed by atoms with Gasteiger partial charge in [-0.1, -0.05) is 11.3 Å². The maximum Gasteiger partial charge on any atom is 0.323 e. The second-order valence-electron chi connectivity index (χ2n) is 4.31. The normalized spacial score (nSPS) is 11.6. The number of aromatic nitrogens is 2. The van der Waals surface area contributed by atoms with Crippen molar-refractivity contribution in [2.24, 2.45) is 0 Å². The molecule has 0 unspecified atom stereocenters. The number of carbonyl (C=O) groups excluding carboxylic acids is 1. The molecule has 0 saturated carbocycles. The molecular formula is C11H15N5O4S2. The third-order valence-corrected chi connectivity index (χ3v) is 5.94. The first-order valence-corrected chi connectivity index (χ1v) is 8.39. The van der Waals surface area contributed by atoms with Crippen LogP contribution in [-0.2, 0) is 16.6 Å². The van der Waals surface area contributed by atoms with Crippen molar-refractivity contribution in [3.63, 3.8) is 0 Å². The van der Waals surface area contributed by atoms with E-state index in [-0.39, 0.29) is 16.0 Å². The van der Waals surface area contributed by atoms with E-state index in [4.69, 9.17) is 4.42 Å². The van der Waals surface area contributed by atoms with Gasteiger partial charge in [0, 0.05) is 21.1 Å². The summed E-state index contributed by atoms with van der Waals surface area (Å²) in [5.41, 5.74) is 0. The fourth-order valence-electron chi connectivity index (χ4n) is 1.54. The number of furan rings is 1. The lowest BCUT2D eigenvalue weighted by molar-refractivity contribution is 0.249. The van der Waals surface area contributed by atoms with Crippen LogP contribution >= 0.6 is 11.3 Å². The Morgan fingerprint density at radius 3 is 2.73 bits per heavy atom. The molecule has 0 aliphatic carbocycles. The van der Waals surface area contributed by atoms with Crippen LogP contribution in [0.1, 0.15) is 5.76 Å². The molecule has 2 rings (SSSR count). The summed E-state index contributed by atoms with van der Waals surface area (Å²) in [4.78, 5) is 12.7. The largest absolute Gasteiger partial charge is 0.468 e. The van der Waals surface area contributed by atoms with Gasteiger partial charge in [0.15, 0.2) is 0 Å². The molecule has 120 valence electrons. The van der Waals surface area contributed by atoms with E-state index in [9.17, 15) is 13.2 Å². The van der Waals surface area contributed by atoms with Crippen molar-refractivity contribution >= 4 is 32.5 Å². The van der Waals surface area contributed by atoms with E-state index in [0.717, 1.165) is 15.6 Å². The second-order valence-corrected chi connectivity index (χ2v) is 7.48. The van der Waals surface area contributed by atoms with Gasteiger partial charge < -0.3 is 9.73 Å². The molecule has 22 heavy (non-hydrogen) atoms. The first kappa shape index (κ1) is 16.4. The molecule has 0 aromatic carbocycles. The minimum absolute atomic E-state index is 0.0789. The Morgan fingerprint density at radius 2 is 2.14 bits per heavy atom. The lowest BCUT2D eigenvalue weighted by Crippen LogP contribution is -2.34. The molecule has 2 aromatic rings. The van der Waals surface area contributed by atoms with Crippen LogP contribution < -0.4 is 10.2 Å². The van der Waals surface area contributed by atoms with Crippen molar-refractivity contribution in [2.75, 3.05) is 26.0 Å². The smallest absolute Gasteiger partial charge is 0.323 e. The van der Waals surface area contributed by atoms with Gasteiger partial charge in [-0.25, -0.2) is 13.2 Å². The molecule has 2 amide bonds. The van der Waals surface area contributed by atoms with Gasteiger partial charge in [-0.3, -0.25) is 4.90 Å². The Hall–Kier alpha value is -1.98. The average Bonchev–Trinajstić information content (AvgIpc) is 3.16. The molecule has 0 radical (unpaired) electrons. The van der Waals surface area contributed by atoms with E-state index in [1.54, 1.807) is 12.1 Å². The third-order valence-electron chi connectivity index (χ3n) is 2.79. The van der Waals surface area contributed by atoms with Crippen molar-refractivity contribution in [1.82, 2.24) is 19.8 Å². The summed E-state index contributed by atoms with van der Waals surface area (Å²) in [6.07, 6.45) is 1.47. The predicted octanol–water partition coefficient (Wildman–Crippen LogP) is 0.727. The quantitative estimate of drug-likeness (QED) is 0.800. The first-order chi connectivity index (χ1) is 10.4. The van der Waals surface area contributed by atoms with E-state index in [1.165, 1.54) is 32.3 Å². The molecule has 0 bridgehead atoms. The number of hydrogen-bond acceptors (Lipinski definition) is 7. The highest BCUT2D eigenvalue weighted by molar-refractivity contribution is 7.91. The standard InChI is InChI=1S/C11H15N5O4S2/c1-12-9(17)16(3)10-13-14-11(21-10)22(18,19)15(2)7-8-5-4-6-20-8/h4-6H,7H2,1-3H3,(H,12,17). The van der Waals surface area contributed by atoms with E-state index >= 15 is 0 Å². The van der Waals surface area contributed by atoms with E-state index in [1.807, 2.05) is 0 Å². The van der Waals surface area contributed by atoms with E-state index < -0.39 is 16.1 Å². The summed E-state index contributed by atoms with van der Waals surface area (Å²) >= 11 is 0.815. The number of rotatable bonds is 5. The molecule has 2 aromatic heterocycles. The zero-order chi connectivity index (χ0) is 16.3. The van der Waals surface area contributed by atoms with Crippen molar-refractivity contribution in [3.05, 3.63) is 24.2 Å². The molecular weight excluding hydrogens is 330 g/mol. The number of urea groups is 1. The molecule has 1 N–H and O–H groups in total. The molecule has 0 atom stereocenters. The van der Waals surface area contributed by atoms with Gasteiger partial charge >= 0.3 is 6.03 Å². The Bertz CT molecular complexity index is 740. The maximum atomic E-state index is 12.4. The van der Waals surface area contributed by atoms with Crippen LogP contribution in [0.3, 0.4) is 0 Å². The van der Waals surface area contributed by atoms with Crippen LogP contribution in [0.5, 0.6) is 0 Å². The Labute approximate surface area is 131 Å². The van der Waals surface area contributed by atoms with Crippen LogP contribution in [0.4, 0.5) is 9.93 Å². The zero-order valence-corrected chi connectivity index (χ0v) is 13.8. The predicted molar refractivity (Wildman–Crippen MR) is 80.1 cm³/mol. The van der Waals surface area contributed by atoms with Crippen molar-refractivity contribution in [3.8, 4) is 0 Å². The number of carbonyl (C=O) groups is 1. The van der Waals surface area contributed by atoms with Gasteiger partial charge in [0.05, 0.1) is 12.8 Å². The van der Waals surface area contributed by atoms with E-state index in [2.05, 4.69) is 15.5 Å². The lowest BCUT2D eigenvalue weighted by atomic mass is 10.4. The van der Waals surface area contributed by atoms with Crippen LogP contribution in [0.25, 0.3) is 0 Å². The number of nitrogens with one attached hydrogen (secondary N) is 1. The fourth-order valence-corrected chi connectivity index (χ4v) is 3.81. The van der Waals surface area contributed by atoms with Crippen molar-refractivity contribution in [1.29, 1.82) is 0 Å². The van der Waals surface area contributed by atoms with Gasteiger partial charge in [0.2, 0.25) is 9.47 Å². The summed E-state index contributed by atoms with van der Waals surface area (Å²) in [6, 6.07) is 2.94. The first-order valence-electron chi connectivity index (χ1n) is 6.14. The molecule has 9 nitrogen and oxygen atoms in total. The number of hydrogen-bond donors (Lipinski definition) is 1. The van der Waals surface area contributed by atoms with E-state index in [0.29, 0.717) is 5.76 Å². The van der Waals surface area contributed by atoms with Gasteiger partial charge in [-0.15, -0.1) is 10.2 Å². The summed E-state index contributed by atoms with van der Waals surface area (Å²) in [5.74, 6) is 0.512. The molecule has 0 aliphatic rings. The van der Waals surface area contributed by atoms with Crippen molar-refractivity contribution < 1.29 is 17.6 Å². The zero-order valence-electron chi connectivity index (χ0n) is 12.2. The summed E-state index contributed by atoms with van der Waals surface area (Å²) in [6.45, 7) is 0.0789. The van der Waals surface area contributed by atoms with Gasteiger partial charge in [-0.2, -0.15) is 4.31 Å². The number of amides is 2. The summed E-state index contributed by atoms with van der Waals surface area (Å²) < 4.78 is 30.9. The van der Waals surface area contributed by atoms with Gasteiger partial charge in [0.25, 0.3) is 10.0 Å². The van der Waals surface area contributed by atoms with Crippen LogP contribution in [0, 0.1) is 0 Å². The van der Waals surface area contributed by atoms with Gasteiger partial charge in [-0.05, 0) is 12.1 Å². The molecule has 0 fully saturated rings. The highest BCUT2D eigenvalue weighted by Gasteiger charge is 2.27. The molecule has 0 spiro atoms. The van der Waals surface area contributed by atoms with Gasteiger partial charge in [0.1, 0.15) is 5.76 Å². The Balaban J connectivity index is 2.19. The molecule has 0 aliphatic heterocycles. The molecule has 2 heterocycles. The van der Waals surface area contributed by atoms with Crippen LogP contribution in [-0.4, -0.2) is 50.1 Å². The Kier molecular flexibility index (Phi) is 4.78. The maximum absolute atomic E-state index is 12.4. The average molecular weight is 345 g/mol. The number of nitrogens with zero attached hydrogens (tertiary/aromatic N) is 4. The fraction of sp³-hybridized carbons (Fsp3) is 0.364. The monoisotopic (exact) mass is 345 g/mol. The van der Waals surface area contributed by atoms with Crippen molar-refractivity contribution in [2.45, 2.75) is 10.9 Å². The number of sulfonamides is 1. The highest BCUT2D eigenvalue weighted by atomic mass is 32.2. The topological polar surface area (TPSA) is 109 Å². The molecule has 11 heteroatoms. The third kappa shape index (κ3) is 3.26. The highest BCUT2D eigenvalue weighted by Crippen LogP contribution is 2.25. The molecule has 0 saturated heterocycles. The van der Waals surface area contributed by atoms with Crippen LogP contribution in [0.2, 0.25) is 0 Å². The lowest BCUT2D eigenvalue weighted by Gasteiger charge is -2.13. The minimum Gasteiger partial charge on any atom is -0.468 e. The summed E-state index contributed by atoms with van der Waals surface area (Å²) in [7, 11) is 0.559. The Morgan fingerprint density at radius 1 is 1.41 bits per heavy atom. The SMILES string of the molecule is CNC(=O)N(C)c1nnc(S(=O)(=O)N(C)Cc2ccco2)s1. The summed E-state index contributed by atoms with van der Waals surface area (Å²) in [5, 5.41) is 10.00. The number of anilines is 1. The minimum atomic E-state index is -3.80. The second kappa shape index (κ2) is 6.42. The van der Waals surface area contributed by atoms with Crippen LogP contribution in [0.15, 0.2) is 27.2 Å².